The van der Waals surface area contributed by atoms with Crippen molar-refractivity contribution in [2.45, 2.75) is 18.1 Å². The maximum atomic E-state index is 11.8. The van der Waals surface area contributed by atoms with Crippen LogP contribution in [0.15, 0.2) is 24.3 Å². The first-order valence-electron chi connectivity index (χ1n) is 4.33. The number of hydrogen-bond acceptors (Lipinski definition) is 2. The highest BCUT2D eigenvalue weighted by Gasteiger charge is 2.31. The van der Waals surface area contributed by atoms with E-state index in [1.54, 1.807) is 6.92 Å². The van der Waals surface area contributed by atoms with E-state index in [2.05, 4.69) is 20.7 Å². The van der Waals surface area contributed by atoms with E-state index in [1.165, 1.54) is 12.1 Å². The summed E-state index contributed by atoms with van der Waals surface area (Å²) in [6, 6.07) is 4.80. The molecular weight excluding hydrogens is 289 g/mol. The van der Waals surface area contributed by atoms with Gasteiger partial charge in [-0.2, -0.15) is 0 Å². The van der Waals surface area contributed by atoms with E-state index in [4.69, 9.17) is 0 Å². The number of alkyl halides is 4. The quantitative estimate of drug-likeness (QED) is 0.630. The summed E-state index contributed by atoms with van der Waals surface area (Å²) in [6.45, 7) is 1.64. The van der Waals surface area contributed by atoms with Crippen molar-refractivity contribution in [3.63, 3.8) is 0 Å². The summed E-state index contributed by atoms with van der Waals surface area (Å²) in [5.41, 5.74) is 0.332. The Labute approximate surface area is 98.5 Å². The van der Waals surface area contributed by atoms with Gasteiger partial charge >= 0.3 is 6.36 Å². The van der Waals surface area contributed by atoms with Crippen molar-refractivity contribution < 1.29 is 22.7 Å². The molecule has 0 N–H and O–H groups in total. The van der Waals surface area contributed by atoms with Gasteiger partial charge in [0.2, 0.25) is 0 Å². The predicted molar refractivity (Wildman–Crippen MR) is 55.8 cm³/mol. The molecule has 1 atom stereocenters. The molecule has 0 aliphatic heterocycles. The Morgan fingerprint density at radius 1 is 1.31 bits per heavy atom. The number of halogens is 4. The third kappa shape index (κ3) is 3.84. The molecule has 0 fully saturated rings. The zero-order chi connectivity index (χ0) is 12.3. The van der Waals surface area contributed by atoms with Crippen molar-refractivity contribution in [2.24, 2.45) is 0 Å². The molecule has 0 saturated heterocycles. The van der Waals surface area contributed by atoms with Gasteiger partial charge in [-0.25, -0.2) is 0 Å². The topological polar surface area (TPSA) is 26.3 Å². The number of Topliss-reactive ketones (excluding diaryl/α,β-unsaturated/α-hetero) is 1. The van der Waals surface area contributed by atoms with E-state index in [-0.39, 0.29) is 16.4 Å². The summed E-state index contributed by atoms with van der Waals surface area (Å²) in [7, 11) is 0. The van der Waals surface area contributed by atoms with Crippen LogP contribution < -0.4 is 4.74 Å². The molecule has 0 saturated carbocycles. The lowest BCUT2D eigenvalue weighted by molar-refractivity contribution is -0.274. The normalized spacial score (nSPS) is 13.3. The molecule has 88 valence electrons. The Morgan fingerprint density at radius 2 is 1.81 bits per heavy atom. The monoisotopic (exact) mass is 296 g/mol. The summed E-state index contributed by atoms with van der Waals surface area (Å²) in [5.74, 6) is -0.537. The number of carbonyl (C=O) groups is 1. The van der Waals surface area contributed by atoms with Crippen LogP contribution in [0.1, 0.15) is 17.3 Å². The van der Waals surface area contributed by atoms with Crippen molar-refractivity contribution in [1.29, 1.82) is 0 Å². The summed E-state index contributed by atoms with van der Waals surface area (Å²) in [5, 5.41) is 0. The molecule has 16 heavy (non-hydrogen) atoms. The standard InChI is InChI=1S/C10H8BrF3O2/c1-6(11)9(15)7-2-4-8(5-3-7)16-10(12,13)14/h2-6H,1H3/t6-/m1/s1. The first kappa shape index (κ1) is 13.0. The second-order valence-electron chi connectivity index (χ2n) is 3.05. The van der Waals surface area contributed by atoms with Crippen molar-refractivity contribution in [3.8, 4) is 5.75 Å². The van der Waals surface area contributed by atoms with E-state index in [0.29, 0.717) is 5.56 Å². The highest BCUT2D eigenvalue weighted by molar-refractivity contribution is 9.10. The summed E-state index contributed by atoms with van der Waals surface area (Å²) in [4.78, 5) is 11.1. The minimum absolute atomic E-state index is 0.196. The predicted octanol–water partition coefficient (Wildman–Crippen LogP) is 3.55. The van der Waals surface area contributed by atoms with Crippen LogP contribution in [-0.2, 0) is 0 Å². The molecule has 2 nitrogen and oxygen atoms in total. The summed E-state index contributed by atoms with van der Waals surface area (Å²) >= 11 is 3.08. The molecule has 0 aliphatic carbocycles. The summed E-state index contributed by atoms with van der Waals surface area (Å²) < 4.78 is 39.2. The van der Waals surface area contributed by atoms with Crippen LogP contribution in [0.2, 0.25) is 0 Å². The SMILES string of the molecule is C[C@@H](Br)C(=O)c1ccc(OC(F)(F)F)cc1. The molecule has 0 bridgehead atoms. The number of carbonyl (C=O) groups excluding carboxylic acids is 1. The van der Waals surface area contributed by atoms with Crippen molar-refractivity contribution in [3.05, 3.63) is 29.8 Å². The van der Waals surface area contributed by atoms with Gasteiger partial charge in [0.25, 0.3) is 0 Å². The van der Waals surface area contributed by atoms with Gasteiger partial charge in [-0.05, 0) is 31.2 Å². The number of ketones is 1. The van der Waals surface area contributed by atoms with Gasteiger partial charge in [0, 0.05) is 5.56 Å². The second kappa shape index (κ2) is 4.86. The first-order valence-corrected chi connectivity index (χ1v) is 5.25. The van der Waals surface area contributed by atoms with Crippen LogP contribution in [0.25, 0.3) is 0 Å². The molecule has 0 unspecified atom stereocenters. The van der Waals surface area contributed by atoms with Crippen LogP contribution in [0.5, 0.6) is 5.75 Å². The van der Waals surface area contributed by atoms with Crippen LogP contribution in [0.3, 0.4) is 0 Å². The lowest BCUT2D eigenvalue weighted by Crippen LogP contribution is -2.17. The fourth-order valence-corrected chi connectivity index (χ4v) is 1.31. The number of ether oxygens (including phenoxy) is 1. The lowest BCUT2D eigenvalue weighted by atomic mass is 10.1. The number of benzene rings is 1. The van der Waals surface area contributed by atoms with Gasteiger partial charge in [0.1, 0.15) is 5.75 Å². The van der Waals surface area contributed by atoms with Crippen LogP contribution in [0.4, 0.5) is 13.2 Å². The van der Waals surface area contributed by atoms with E-state index in [1.807, 2.05) is 0 Å². The zero-order valence-electron chi connectivity index (χ0n) is 8.22. The Hall–Kier alpha value is -1.04. The summed E-state index contributed by atoms with van der Waals surface area (Å²) in [6.07, 6.45) is -4.71. The minimum Gasteiger partial charge on any atom is -0.406 e. The lowest BCUT2D eigenvalue weighted by Gasteiger charge is -2.09. The molecular formula is C10H8BrF3O2. The molecule has 1 rings (SSSR count). The largest absolute Gasteiger partial charge is 0.573 e. The van der Waals surface area contributed by atoms with Crippen LogP contribution in [0, 0.1) is 0 Å². The van der Waals surface area contributed by atoms with Crippen LogP contribution in [-0.4, -0.2) is 17.0 Å². The Kier molecular flexibility index (Phi) is 3.96. The Balaban J connectivity index is 2.80. The fraction of sp³-hybridized carbons (Fsp3) is 0.300. The molecule has 0 heterocycles. The molecule has 0 aromatic heterocycles. The molecule has 0 spiro atoms. The van der Waals surface area contributed by atoms with E-state index >= 15 is 0 Å². The van der Waals surface area contributed by atoms with E-state index in [0.717, 1.165) is 12.1 Å². The van der Waals surface area contributed by atoms with E-state index in [9.17, 15) is 18.0 Å². The van der Waals surface area contributed by atoms with Crippen LogP contribution >= 0.6 is 15.9 Å². The number of hydrogen-bond donors (Lipinski definition) is 0. The Bertz CT molecular complexity index is 371. The van der Waals surface area contributed by atoms with Gasteiger partial charge in [-0.15, -0.1) is 13.2 Å². The minimum atomic E-state index is -4.71. The van der Waals surface area contributed by atoms with Gasteiger partial charge < -0.3 is 4.74 Å². The third-order valence-electron chi connectivity index (χ3n) is 1.73. The third-order valence-corrected chi connectivity index (χ3v) is 2.15. The molecule has 0 amide bonds. The molecule has 0 aliphatic rings. The molecule has 0 radical (unpaired) electrons. The van der Waals surface area contributed by atoms with E-state index < -0.39 is 6.36 Å². The van der Waals surface area contributed by atoms with Crippen molar-refractivity contribution >= 4 is 21.7 Å². The van der Waals surface area contributed by atoms with Gasteiger partial charge in [-0.3, -0.25) is 4.79 Å². The first-order chi connectivity index (χ1) is 7.29. The smallest absolute Gasteiger partial charge is 0.406 e. The number of rotatable bonds is 3. The van der Waals surface area contributed by atoms with Gasteiger partial charge in [0.15, 0.2) is 5.78 Å². The average Bonchev–Trinajstić information content (AvgIpc) is 2.15. The molecule has 6 heteroatoms. The fourth-order valence-electron chi connectivity index (χ4n) is 1.05. The maximum absolute atomic E-state index is 11.8. The zero-order valence-corrected chi connectivity index (χ0v) is 9.80. The van der Waals surface area contributed by atoms with Crippen molar-refractivity contribution in [2.75, 3.05) is 0 Å². The van der Waals surface area contributed by atoms with Gasteiger partial charge in [0.05, 0.1) is 4.83 Å². The highest BCUT2D eigenvalue weighted by atomic mass is 79.9. The Morgan fingerprint density at radius 3 is 2.19 bits per heavy atom. The highest BCUT2D eigenvalue weighted by Crippen LogP contribution is 2.23. The maximum Gasteiger partial charge on any atom is 0.573 e. The van der Waals surface area contributed by atoms with Gasteiger partial charge in [-0.1, -0.05) is 15.9 Å². The van der Waals surface area contributed by atoms with Crippen molar-refractivity contribution in [1.82, 2.24) is 0 Å². The second-order valence-corrected chi connectivity index (χ2v) is 4.43. The molecule has 1 aromatic rings. The average molecular weight is 297 g/mol. The molecule has 1 aromatic carbocycles.